The number of fused-ring (bicyclic) bond motifs is 1. The van der Waals surface area contributed by atoms with Gasteiger partial charge in [-0.2, -0.15) is 4.31 Å². The summed E-state index contributed by atoms with van der Waals surface area (Å²) in [5, 5.41) is 0. The molecule has 2 fully saturated rings. The molecule has 0 saturated carbocycles. The third-order valence-corrected chi connectivity index (χ3v) is 6.40. The summed E-state index contributed by atoms with van der Waals surface area (Å²) in [4.78, 5) is 1.43. The Kier molecular flexibility index (Phi) is 3.75. The third kappa shape index (κ3) is 2.47. The molecule has 2 aliphatic heterocycles. The first-order valence-corrected chi connectivity index (χ1v) is 8.55. The van der Waals surface area contributed by atoms with Crippen LogP contribution < -0.4 is 0 Å². The van der Waals surface area contributed by atoms with Gasteiger partial charge in [0.05, 0.1) is 0 Å². The minimum atomic E-state index is -4.15. The summed E-state index contributed by atoms with van der Waals surface area (Å²) in [5.74, 6) is -2.06. The van der Waals surface area contributed by atoms with E-state index in [9.17, 15) is 17.2 Å². The van der Waals surface area contributed by atoms with Gasteiger partial charge in [0.25, 0.3) is 0 Å². The standard InChI is InChI=1S/C14H18F2N2O2S/c1-10-8-17-7-3-4-11(17)9-18(10)21(19,20)14-12(15)5-2-6-13(14)16/h2,5-6,10-11H,3-4,7-9H2,1H3/t10-,11+/m0/s1. The molecule has 0 spiro atoms. The van der Waals surface area contributed by atoms with Crippen LogP contribution in [0.15, 0.2) is 23.1 Å². The van der Waals surface area contributed by atoms with Crippen molar-refractivity contribution in [2.75, 3.05) is 19.6 Å². The highest BCUT2D eigenvalue weighted by Crippen LogP contribution is 2.30. The van der Waals surface area contributed by atoms with E-state index in [1.54, 1.807) is 6.92 Å². The zero-order valence-electron chi connectivity index (χ0n) is 11.8. The molecule has 2 aliphatic rings. The van der Waals surface area contributed by atoms with Gasteiger partial charge in [0.1, 0.15) is 11.6 Å². The third-order valence-electron chi connectivity index (χ3n) is 4.37. The molecule has 7 heteroatoms. The number of halogens is 2. The zero-order chi connectivity index (χ0) is 15.2. The maximum absolute atomic E-state index is 13.8. The molecular formula is C14H18F2N2O2S. The molecule has 2 atom stereocenters. The summed E-state index contributed by atoms with van der Waals surface area (Å²) in [6.45, 7) is 3.67. The van der Waals surface area contributed by atoms with Gasteiger partial charge in [-0.05, 0) is 38.4 Å². The van der Waals surface area contributed by atoms with Crippen LogP contribution in [0.25, 0.3) is 0 Å². The van der Waals surface area contributed by atoms with E-state index < -0.39 is 26.6 Å². The van der Waals surface area contributed by atoms with Crippen molar-refractivity contribution in [3.8, 4) is 0 Å². The molecule has 2 saturated heterocycles. The molecule has 4 nitrogen and oxygen atoms in total. The Morgan fingerprint density at radius 3 is 2.52 bits per heavy atom. The second kappa shape index (κ2) is 5.30. The van der Waals surface area contributed by atoms with Crippen LogP contribution in [0.1, 0.15) is 19.8 Å². The number of hydrogen-bond donors (Lipinski definition) is 0. The molecule has 0 unspecified atom stereocenters. The summed E-state index contributed by atoms with van der Waals surface area (Å²) in [6, 6.07) is 3.00. The lowest BCUT2D eigenvalue weighted by Crippen LogP contribution is -2.56. The van der Waals surface area contributed by atoms with Crippen molar-refractivity contribution in [2.24, 2.45) is 0 Å². The zero-order valence-corrected chi connectivity index (χ0v) is 12.6. The van der Waals surface area contributed by atoms with Gasteiger partial charge in [-0.3, -0.25) is 4.90 Å². The molecule has 1 aromatic carbocycles. The Morgan fingerprint density at radius 1 is 1.19 bits per heavy atom. The average Bonchev–Trinajstić information content (AvgIpc) is 2.84. The predicted octanol–water partition coefficient (Wildman–Crippen LogP) is 1.82. The monoisotopic (exact) mass is 316 g/mol. The van der Waals surface area contributed by atoms with Crippen LogP contribution in [0, 0.1) is 11.6 Å². The van der Waals surface area contributed by atoms with Gasteiger partial charge in [0.15, 0.2) is 4.90 Å². The van der Waals surface area contributed by atoms with E-state index in [0.717, 1.165) is 31.5 Å². The van der Waals surface area contributed by atoms with Gasteiger partial charge in [-0.25, -0.2) is 17.2 Å². The summed E-state index contributed by atoms with van der Waals surface area (Å²) in [6.07, 6.45) is 1.97. The molecular weight excluding hydrogens is 298 g/mol. The number of hydrogen-bond acceptors (Lipinski definition) is 3. The molecule has 0 bridgehead atoms. The maximum Gasteiger partial charge on any atom is 0.249 e. The highest BCUT2D eigenvalue weighted by Gasteiger charge is 2.42. The van der Waals surface area contributed by atoms with Gasteiger partial charge in [0, 0.05) is 25.2 Å². The van der Waals surface area contributed by atoms with E-state index in [-0.39, 0.29) is 12.1 Å². The molecule has 0 amide bonds. The lowest BCUT2D eigenvalue weighted by molar-refractivity contribution is 0.116. The topological polar surface area (TPSA) is 40.6 Å². The summed E-state index contributed by atoms with van der Waals surface area (Å²) in [7, 11) is -4.15. The van der Waals surface area contributed by atoms with Gasteiger partial charge in [-0.15, -0.1) is 0 Å². The number of benzene rings is 1. The highest BCUT2D eigenvalue weighted by atomic mass is 32.2. The Labute approximate surface area is 123 Å². The molecule has 0 N–H and O–H groups in total. The first kappa shape index (κ1) is 14.9. The van der Waals surface area contributed by atoms with Crippen molar-refractivity contribution < 1.29 is 17.2 Å². The van der Waals surface area contributed by atoms with Crippen LogP contribution in [-0.4, -0.2) is 49.3 Å². The van der Waals surface area contributed by atoms with Crippen molar-refractivity contribution in [3.63, 3.8) is 0 Å². The number of rotatable bonds is 2. The van der Waals surface area contributed by atoms with Crippen molar-refractivity contribution in [1.29, 1.82) is 0 Å². The Morgan fingerprint density at radius 2 is 1.86 bits per heavy atom. The van der Waals surface area contributed by atoms with E-state index in [1.165, 1.54) is 10.4 Å². The normalized spacial score (nSPS) is 27.8. The summed E-state index contributed by atoms with van der Waals surface area (Å²) < 4.78 is 54.2. The second-order valence-corrected chi connectivity index (χ2v) is 7.59. The molecule has 3 rings (SSSR count). The quantitative estimate of drug-likeness (QED) is 0.836. The molecule has 0 aromatic heterocycles. The first-order chi connectivity index (χ1) is 9.91. The summed E-state index contributed by atoms with van der Waals surface area (Å²) >= 11 is 0. The number of nitrogens with zero attached hydrogens (tertiary/aromatic N) is 2. The Bertz CT molecular complexity index is 630. The lowest BCUT2D eigenvalue weighted by Gasteiger charge is -2.41. The van der Waals surface area contributed by atoms with Crippen LogP contribution in [0.4, 0.5) is 8.78 Å². The van der Waals surface area contributed by atoms with Gasteiger partial charge in [0.2, 0.25) is 10.0 Å². The molecule has 0 radical (unpaired) electrons. The van der Waals surface area contributed by atoms with E-state index in [1.807, 2.05) is 0 Å². The van der Waals surface area contributed by atoms with Crippen LogP contribution in [-0.2, 0) is 10.0 Å². The maximum atomic E-state index is 13.8. The second-order valence-electron chi connectivity index (χ2n) is 5.77. The fourth-order valence-electron chi connectivity index (χ4n) is 3.34. The minimum Gasteiger partial charge on any atom is -0.297 e. The van der Waals surface area contributed by atoms with Crippen LogP contribution in [0.5, 0.6) is 0 Å². The fraction of sp³-hybridized carbons (Fsp3) is 0.571. The van der Waals surface area contributed by atoms with Gasteiger partial charge in [-0.1, -0.05) is 6.07 Å². The number of piperazine rings is 1. The first-order valence-electron chi connectivity index (χ1n) is 7.11. The van der Waals surface area contributed by atoms with Crippen molar-refractivity contribution in [1.82, 2.24) is 9.21 Å². The molecule has 0 aliphatic carbocycles. The van der Waals surface area contributed by atoms with E-state index in [0.29, 0.717) is 13.1 Å². The lowest BCUT2D eigenvalue weighted by atomic mass is 10.1. The minimum absolute atomic E-state index is 0.158. The van der Waals surface area contributed by atoms with Crippen molar-refractivity contribution in [2.45, 2.75) is 36.7 Å². The van der Waals surface area contributed by atoms with E-state index in [2.05, 4.69) is 4.90 Å². The molecule has 1 aromatic rings. The average molecular weight is 316 g/mol. The molecule has 21 heavy (non-hydrogen) atoms. The van der Waals surface area contributed by atoms with Crippen LogP contribution >= 0.6 is 0 Å². The van der Waals surface area contributed by atoms with Crippen molar-refractivity contribution in [3.05, 3.63) is 29.8 Å². The van der Waals surface area contributed by atoms with E-state index in [4.69, 9.17) is 0 Å². The molecule has 116 valence electrons. The summed E-state index contributed by atoms with van der Waals surface area (Å²) in [5.41, 5.74) is 0. The fourth-order valence-corrected chi connectivity index (χ4v) is 5.11. The Balaban J connectivity index is 1.98. The SMILES string of the molecule is C[C@H]1CN2CCC[C@@H]2CN1S(=O)(=O)c1c(F)cccc1F. The van der Waals surface area contributed by atoms with Crippen molar-refractivity contribution >= 4 is 10.0 Å². The number of sulfonamides is 1. The van der Waals surface area contributed by atoms with Crippen LogP contribution in [0.2, 0.25) is 0 Å². The largest absolute Gasteiger partial charge is 0.297 e. The van der Waals surface area contributed by atoms with E-state index >= 15 is 0 Å². The van der Waals surface area contributed by atoms with Crippen LogP contribution in [0.3, 0.4) is 0 Å². The highest BCUT2D eigenvalue weighted by molar-refractivity contribution is 7.89. The van der Waals surface area contributed by atoms with Gasteiger partial charge >= 0.3 is 0 Å². The Hall–Kier alpha value is -1.05. The molecule has 2 heterocycles. The smallest absolute Gasteiger partial charge is 0.249 e. The predicted molar refractivity (Wildman–Crippen MR) is 74.3 cm³/mol. The van der Waals surface area contributed by atoms with Gasteiger partial charge < -0.3 is 0 Å².